The number of hydrogen-bond donors (Lipinski definition) is 2. The van der Waals surface area contributed by atoms with Crippen LogP contribution in [0.25, 0.3) is 0 Å². The Hall–Kier alpha value is -1.35. The summed E-state index contributed by atoms with van der Waals surface area (Å²) in [5.74, 6) is 1.85. The van der Waals surface area contributed by atoms with E-state index in [0.717, 1.165) is 17.1 Å². The van der Waals surface area contributed by atoms with Crippen LogP contribution in [0.1, 0.15) is 24.2 Å². The predicted octanol–water partition coefficient (Wildman–Crippen LogP) is 2.90. The molecular weight excluding hydrogens is 417 g/mol. The molecule has 0 unspecified atom stereocenters. The summed E-state index contributed by atoms with van der Waals surface area (Å²) in [6.45, 7) is 5.57. The quantitative estimate of drug-likeness (QED) is 0.429. The van der Waals surface area contributed by atoms with Crippen LogP contribution in [0.3, 0.4) is 0 Å². The largest absolute Gasteiger partial charge is 0.357 e. The van der Waals surface area contributed by atoms with Gasteiger partial charge >= 0.3 is 0 Å². The Balaban J connectivity index is 0.00000242. The number of aromatic nitrogens is 2. The average molecular weight is 436 g/mol. The molecule has 2 rings (SSSR count). The number of nitrogens with zero attached hydrogens (tertiary/aromatic N) is 3. The van der Waals surface area contributed by atoms with Crippen molar-refractivity contribution < 1.29 is 4.52 Å². The first-order valence-electron chi connectivity index (χ1n) is 6.73. The fourth-order valence-corrected chi connectivity index (χ4v) is 1.80. The number of halogens is 2. The summed E-state index contributed by atoms with van der Waals surface area (Å²) in [5.41, 5.74) is 1.09. The molecule has 0 spiro atoms. The van der Waals surface area contributed by atoms with E-state index in [1.54, 1.807) is 6.92 Å². The molecule has 1 heterocycles. The van der Waals surface area contributed by atoms with E-state index in [4.69, 9.17) is 16.1 Å². The van der Waals surface area contributed by atoms with Gasteiger partial charge < -0.3 is 15.2 Å². The van der Waals surface area contributed by atoms with Gasteiger partial charge in [0.15, 0.2) is 11.8 Å². The lowest BCUT2D eigenvalue weighted by atomic mass is 10.2. The van der Waals surface area contributed by atoms with Crippen molar-refractivity contribution >= 4 is 41.5 Å². The normalized spacial score (nSPS) is 11.0. The van der Waals surface area contributed by atoms with E-state index < -0.39 is 0 Å². The lowest BCUT2D eigenvalue weighted by Gasteiger charge is -2.09. The van der Waals surface area contributed by atoms with Crippen LogP contribution in [-0.2, 0) is 13.1 Å². The highest BCUT2D eigenvalue weighted by Crippen LogP contribution is 2.10. The molecule has 6 nitrogen and oxygen atoms in total. The minimum atomic E-state index is 0. The van der Waals surface area contributed by atoms with Crippen LogP contribution in [0.5, 0.6) is 0 Å². The molecule has 0 atom stereocenters. The molecule has 1 aromatic carbocycles. The fourth-order valence-electron chi connectivity index (χ4n) is 1.67. The maximum atomic E-state index is 5.86. The van der Waals surface area contributed by atoms with Crippen LogP contribution in [-0.4, -0.2) is 22.6 Å². The zero-order valence-corrected chi connectivity index (χ0v) is 15.6. The lowest BCUT2D eigenvalue weighted by Crippen LogP contribution is -2.36. The van der Waals surface area contributed by atoms with E-state index in [0.29, 0.717) is 30.8 Å². The van der Waals surface area contributed by atoms with Gasteiger partial charge in [-0.2, -0.15) is 4.98 Å². The number of benzene rings is 1. The Labute approximate surface area is 151 Å². The van der Waals surface area contributed by atoms with Gasteiger partial charge in [-0.1, -0.05) is 28.9 Å². The van der Waals surface area contributed by atoms with Crippen LogP contribution in [0.4, 0.5) is 0 Å². The number of aliphatic imine (C=N–C) groups is 1. The molecule has 2 aromatic rings. The minimum Gasteiger partial charge on any atom is -0.357 e. The van der Waals surface area contributed by atoms with Crippen molar-refractivity contribution in [3.05, 3.63) is 46.6 Å². The average Bonchev–Trinajstić information content (AvgIpc) is 2.89. The molecule has 2 N–H and O–H groups in total. The van der Waals surface area contributed by atoms with Crippen molar-refractivity contribution in [3.63, 3.8) is 0 Å². The van der Waals surface area contributed by atoms with Crippen LogP contribution < -0.4 is 10.6 Å². The van der Waals surface area contributed by atoms with Crippen molar-refractivity contribution in [2.75, 3.05) is 6.54 Å². The Kier molecular flexibility index (Phi) is 8.18. The first kappa shape index (κ1) is 18.7. The van der Waals surface area contributed by atoms with Gasteiger partial charge in [-0.3, -0.25) is 0 Å². The molecule has 120 valence electrons. The van der Waals surface area contributed by atoms with Crippen molar-refractivity contribution in [1.82, 2.24) is 20.8 Å². The Morgan fingerprint density at radius 3 is 2.59 bits per heavy atom. The minimum absolute atomic E-state index is 0. The summed E-state index contributed by atoms with van der Waals surface area (Å²) in [5, 5.41) is 10.8. The third-order valence-electron chi connectivity index (χ3n) is 2.65. The molecular formula is C14H19ClIN5O. The maximum absolute atomic E-state index is 5.86. The predicted molar refractivity (Wildman–Crippen MR) is 97.6 cm³/mol. The molecule has 0 fully saturated rings. The van der Waals surface area contributed by atoms with Crippen LogP contribution in [0.2, 0.25) is 5.02 Å². The summed E-state index contributed by atoms with van der Waals surface area (Å²) in [4.78, 5) is 8.63. The third kappa shape index (κ3) is 6.18. The molecule has 8 heteroatoms. The van der Waals surface area contributed by atoms with E-state index in [9.17, 15) is 0 Å². The summed E-state index contributed by atoms with van der Waals surface area (Å²) < 4.78 is 5.05. The molecule has 0 aliphatic rings. The van der Waals surface area contributed by atoms with Gasteiger partial charge in [-0.15, -0.1) is 24.0 Å². The van der Waals surface area contributed by atoms with Gasteiger partial charge in [0, 0.05) is 11.6 Å². The second-order valence-electron chi connectivity index (χ2n) is 4.41. The monoisotopic (exact) mass is 435 g/mol. The fraction of sp³-hybridized carbons (Fsp3) is 0.357. The number of rotatable bonds is 5. The summed E-state index contributed by atoms with van der Waals surface area (Å²) in [7, 11) is 0. The van der Waals surface area contributed by atoms with Gasteiger partial charge in [-0.05, 0) is 31.5 Å². The number of hydrogen-bond acceptors (Lipinski definition) is 4. The molecule has 0 radical (unpaired) electrons. The highest BCUT2D eigenvalue weighted by molar-refractivity contribution is 14.0. The van der Waals surface area contributed by atoms with Crippen molar-refractivity contribution in [2.45, 2.75) is 26.9 Å². The maximum Gasteiger partial charge on any atom is 0.246 e. The van der Waals surface area contributed by atoms with E-state index >= 15 is 0 Å². The Morgan fingerprint density at radius 1 is 1.27 bits per heavy atom. The van der Waals surface area contributed by atoms with Crippen molar-refractivity contribution in [1.29, 1.82) is 0 Å². The smallest absolute Gasteiger partial charge is 0.246 e. The molecule has 0 bridgehead atoms. The third-order valence-corrected chi connectivity index (χ3v) is 2.91. The molecule has 1 aromatic heterocycles. The number of nitrogens with one attached hydrogen (secondary N) is 2. The molecule has 22 heavy (non-hydrogen) atoms. The molecule has 0 aliphatic heterocycles. The van der Waals surface area contributed by atoms with Crippen molar-refractivity contribution in [3.8, 4) is 0 Å². The highest BCUT2D eigenvalue weighted by Gasteiger charge is 2.04. The number of aryl methyl sites for hydroxylation is 1. The SMILES string of the molecule is CCNC(=NCc1ccc(Cl)cc1)NCc1nc(C)no1.I. The summed E-state index contributed by atoms with van der Waals surface area (Å²) in [6.07, 6.45) is 0. The first-order chi connectivity index (χ1) is 10.2. The molecule has 0 saturated carbocycles. The van der Waals surface area contributed by atoms with Gasteiger partial charge in [0.25, 0.3) is 0 Å². The second kappa shape index (κ2) is 9.62. The van der Waals surface area contributed by atoms with Gasteiger partial charge in [-0.25, -0.2) is 4.99 Å². The zero-order valence-electron chi connectivity index (χ0n) is 12.5. The summed E-state index contributed by atoms with van der Waals surface area (Å²) >= 11 is 5.86. The zero-order chi connectivity index (χ0) is 15.1. The van der Waals surface area contributed by atoms with Crippen LogP contribution >= 0.6 is 35.6 Å². The standard InChI is InChI=1S/C14H18ClN5O.HI/c1-3-16-14(18-9-13-19-10(2)20-21-13)17-8-11-4-6-12(15)7-5-11;/h4-7H,3,8-9H2,1-2H3,(H2,16,17,18);1H. The number of guanidine groups is 1. The first-order valence-corrected chi connectivity index (χ1v) is 7.11. The molecule has 0 amide bonds. The van der Waals surface area contributed by atoms with E-state index in [2.05, 4.69) is 25.8 Å². The second-order valence-corrected chi connectivity index (χ2v) is 4.85. The van der Waals surface area contributed by atoms with Gasteiger partial charge in [0.1, 0.15) is 0 Å². The van der Waals surface area contributed by atoms with Gasteiger partial charge in [0.05, 0.1) is 13.1 Å². The highest BCUT2D eigenvalue weighted by atomic mass is 127. The van der Waals surface area contributed by atoms with Crippen LogP contribution in [0, 0.1) is 6.92 Å². The summed E-state index contributed by atoms with van der Waals surface area (Å²) in [6, 6.07) is 7.62. The van der Waals surface area contributed by atoms with E-state index in [1.165, 1.54) is 0 Å². The lowest BCUT2D eigenvalue weighted by molar-refractivity contribution is 0.371. The topological polar surface area (TPSA) is 75.3 Å². The molecule has 0 aliphatic carbocycles. The van der Waals surface area contributed by atoms with Crippen LogP contribution in [0.15, 0.2) is 33.8 Å². The Morgan fingerprint density at radius 2 is 2.00 bits per heavy atom. The molecule has 0 saturated heterocycles. The van der Waals surface area contributed by atoms with Crippen molar-refractivity contribution in [2.24, 2.45) is 4.99 Å². The Bertz CT molecular complexity index is 600. The van der Waals surface area contributed by atoms with E-state index in [-0.39, 0.29) is 24.0 Å². The van der Waals surface area contributed by atoms with Gasteiger partial charge in [0.2, 0.25) is 5.89 Å². The van der Waals surface area contributed by atoms with E-state index in [1.807, 2.05) is 31.2 Å².